The summed E-state index contributed by atoms with van der Waals surface area (Å²) in [5.41, 5.74) is 8.53. The van der Waals surface area contributed by atoms with Crippen molar-refractivity contribution in [1.29, 1.82) is 0 Å². The zero-order chi connectivity index (χ0) is 17.1. The Bertz CT molecular complexity index is 817. The zero-order valence-electron chi connectivity index (χ0n) is 14.0. The van der Waals surface area contributed by atoms with E-state index in [1.54, 1.807) is 13.1 Å². The molecular formula is C18H22N6. The molecule has 0 bridgehead atoms. The van der Waals surface area contributed by atoms with E-state index in [2.05, 4.69) is 26.8 Å². The van der Waals surface area contributed by atoms with Crippen molar-refractivity contribution in [2.24, 2.45) is 10.7 Å². The third-order valence-electron chi connectivity index (χ3n) is 4.02. The largest absolute Gasteiger partial charge is 0.357 e. The molecule has 1 aromatic heterocycles. The van der Waals surface area contributed by atoms with Gasteiger partial charge in [0.05, 0.1) is 11.2 Å². The van der Waals surface area contributed by atoms with Gasteiger partial charge in [-0.15, -0.1) is 0 Å². The Morgan fingerprint density at radius 2 is 2.25 bits per heavy atom. The fourth-order valence-electron chi connectivity index (χ4n) is 2.67. The Morgan fingerprint density at radius 3 is 2.88 bits per heavy atom. The average molecular weight is 322 g/mol. The van der Waals surface area contributed by atoms with Crippen LogP contribution < -0.4 is 11.1 Å². The molecule has 0 unspecified atom stereocenters. The SMILES string of the molecule is C=C/C(=N\C(=C/C)N1CC(N)C1)c1ccc2cnc(NC)nc2c1. The first kappa shape index (κ1) is 16.1. The van der Waals surface area contributed by atoms with Crippen molar-refractivity contribution in [2.45, 2.75) is 13.0 Å². The molecule has 0 aliphatic carbocycles. The van der Waals surface area contributed by atoms with Crippen molar-refractivity contribution < 1.29 is 0 Å². The Labute approximate surface area is 141 Å². The molecule has 3 rings (SSSR count). The number of aromatic nitrogens is 2. The summed E-state index contributed by atoms with van der Waals surface area (Å²) in [6.07, 6.45) is 5.57. The lowest BCUT2D eigenvalue weighted by Crippen LogP contribution is -2.54. The molecule has 1 aliphatic heterocycles. The highest BCUT2D eigenvalue weighted by Crippen LogP contribution is 2.19. The lowest BCUT2D eigenvalue weighted by atomic mass is 10.1. The number of nitrogens with one attached hydrogen (secondary N) is 1. The van der Waals surface area contributed by atoms with Gasteiger partial charge in [-0.05, 0) is 25.1 Å². The van der Waals surface area contributed by atoms with E-state index in [-0.39, 0.29) is 6.04 Å². The van der Waals surface area contributed by atoms with E-state index in [4.69, 9.17) is 10.7 Å². The molecule has 1 saturated heterocycles. The van der Waals surface area contributed by atoms with E-state index < -0.39 is 0 Å². The van der Waals surface area contributed by atoms with Gasteiger partial charge in [-0.2, -0.15) is 0 Å². The minimum Gasteiger partial charge on any atom is -0.357 e. The number of fused-ring (bicyclic) bond motifs is 1. The van der Waals surface area contributed by atoms with Crippen LogP contribution >= 0.6 is 0 Å². The molecule has 2 heterocycles. The van der Waals surface area contributed by atoms with Gasteiger partial charge in [-0.3, -0.25) is 0 Å². The molecule has 0 spiro atoms. The first-order valence-corrected chi connectivity index (χ1v) is 7.97. The minimum atomic E-state index is 0.236. The number of hydrogen-bond donors (Lipinski definition) is 2. The van der Waals surface area contributed by atoms with Gasteiger partial charge >= 0.3 is 0 Å². The van der Waals surface area contributed by atoms with Crippen LogP contribution in [0.15, 0.2) is 53.9 Å². The first-order chi connectivity index (χ1) is 11.6. The first-order valence-electron chi connectivity index (χ1n) is 7.97. The number of anilines is 1. The van der Waals surface area contributed by atoms with E-state index in [0.717, 1.165) is 41.1 Å². The molecule has 0 radical (unpaired) electrons. The molecule has 3 N–H and O–H groups in total. The summed E-state index contributed by atoms with van der Waals surface area (Å²) < 4.78 is 0. The molecule has 0 amide bonds. The van der Waals surface area contributed by atoms with Gasteiger partial charge in [0.25, 0.3) is 0 Å². The maximum atomic E-state index is 5.87. The number of hydrogen-bond acceptors (Lipinski definition) is 6. The van der Waals surface area contributed by atoms with Crippen LogP contribution in [0, 0.1) is 0 Å². The van der Waals surface area contributed by atoms with Crippen LogP contribution in [-0.2, 0) is 0 Å². The number of nitrogens with two attached hydrogens (primary N) is 1. The fraction of sp³-hybridized carbons (Fsp3) is 0.278. The third-order valence-corrected chi connectivity index (χ3v) is 4.02. The van der Waals surface area contributed by atoms with Gasteiger partial charge in [0.15, 0.2) is 0 Å². The molecule has 0 saturated carbocycles. The van der Waals surface area contributed by atoms with Gasteiger partial charge in [0, 0.05) is 43.3 Å². The minimum absolute atomic E-state index is 0.236. The number of nitrogens with zero attached hydrogens (tertiary/aromatic N) is 4. The molecule has 0 atom stereocenters. The zero-order valence-corrected chi connectivity index (χ0v) is 14.0. The third kappa shape index (κ3) is 3.14. The molecule has 1 fully saturated rings. The summed E-state index contributed by atoms with van der Waals surface area (Å²) >= 11 is 0. The summed E-state index contributed by atoms with van der Waals surface area (Å²) in [5, 5.41) is 3.94. The molecule has 1 aliphatic rings. The summed E-state index contributed by atoms with van der Waals surface area (Å²) in [6.45, 7) is 7.57. The van der Waals surface area contributed by atoms with E-state index >= 15 is 0 Å². The second-order valence-electron chi connectivity index (χ2n) is 5.73. The predicted molar refractivity (Wildman–Crippen MR) is 99.1 cm³/mol. The highest BCUT2D eigenvalue weighted by Gasteiger charge is 2.24. The lowest BCUT2D eigenvalue weighted by molar-refractivity contribution is 0.199. The van der Waals surface area contributed by atoms with Crippen LogP contribution in [0.25, 0.3) is 10.9 Å². The van der Waals surface area contributed by atoms with Crippen LogP contribution in [0.1, 0.15) is 12.5 Å². The monoisotopic (exact) mass is 322 g/mol. The molecule has 1 aromatic carbocycles. The number of rotatable bonds is 5. The van der Waals surface area contributed by atoms with Gasteiger partial charge in [0.2, 0.25) is 5.95 Å². The molecule has 6 heteroatoms. The van der Waals surface area contributed by atoms with Crippen molar-refractivity contribution in [3.8, 4) is 0 Å². The normalized spacial score (nSPS) is 16.2. The summed E-state index contributed by atoms with van der Waals surface area (Å²) in [7, 11) is 1.80. The molecule has 2 aromatic rings. The Balaban J connectivity index is 1.96. The highest BCUT2D eigenvalue weighted by atomic mass is 15.3. The standard InChI is InChI=1S/C18H22N6/c1-4-15(22-17(5-2)24-10-14(19)11-24)12-6-7-13-9-21-18(20-3)23-16(13)8-12/h4-9,14H,1,10-11,19H2,2-3H3,(H,20,21,23)/b17-5+,22-15+. The number of likely N-dealkylation sites (tertiary alicyclic amines) is 1. The van der Waals surface area contributed by atoms with Crippen molar-refractivity contribution in [1.82, 2.24) is 14.9 Å². The van der Waals surface area contributed by atoms with Crippen molar-refractivity contribution in [2.75, 3.05) is 25.5 Å². The van der Waals surface area contributed by atoms with E-state index in [1.807, 2.05) is 37.4 Å². The van der Waals surface area contributed by atoms with Gasteiger partial charge in [-0.25, -0.2) is 15.0 Å². The Morgan fingerprint density at radius 1 is 1.46 bits per heavy atom. The summed E-state index contributed by atoms with van der Waals surface area (Å²) in [6, 6.07) is 6.26. The van der Waals surface area contributed by atoms with Crippen molar-refractivity contribution in [3.63, 3.8) is 0 Å². The highest BCUT2D eigenvalue weighted by molar-refractivity contribution is 6.10. The van der Waals surface area contributed by atoms with Crippen LogP contribution in [0.3, 0.4) is 0 Å². The predicted octanol–water partition coefficient (Wildman–Crippen LogP) is 2.15. The Hall–Kier alpha value is -2.73. The van der Waals surface area contributed by atoms with Crippen molar-refractivity contribution >= 4 is 22.6 Å². The fourth-order valence-corrected chi connectivity index (χ4v) is 2.67. The number of aliphatic imine (C=N–C) groups is 1. The van der Waals surface area contributed by atoms with Gasteiger partial charge in [0.1, 0.15) is 5.82 Å². The average Bonchev–Trinajstić information content (AvgIpc) is 2.59. The van der Waals surface area contributed by atoms with Crippen LogP contribution in [0.5, 0.6) is 0 Å². The molecule has 124 valence electrons. The number of benzene rings is 1. The number of allylic oxidation sites excluding steroid dienone is 2. The second-order valence-corrected chi connectivity index (χ2v) is 5.73. The van der Waals surface area contributed by atoms with Gasteiger partial charge < -0.3 is 16.0 Å². The molecule has 24 heavy (non-hydrogen) atoms. The maximum absolute atomic E-state index is 5.87. The quantitative estimate of drug-likeness (QED) is 0.825. The van der Waals surface area contributed by atoms with E-state index in [9.17, 15) is 0 Å². The maximum Gasteiger partial charge on any atom is 0.222 e. The lowest BCUT2D eigenvalue weighted by Gasteiger charge is -2.38. The Kier molecular flexibility index (Phi) is 4.57. The summed E-state index contributed by atoms with van der Waals surface area (Å²) in [4.78, 5) is 15.6. The van der Waals surface area contributed by atoms with Gasteiger partial charge in [-0.1, -0.05) is 18.7 Å². The van der Waals surface area contributed by atoms with E-state index in [0.29, 0.717) is 5.95 Å². The van der Waals surface area contributed by atoms with E-state index in [1.165, 1.54) is 0 Å². The van der Waals surface area contributed by atoms with Crippen LogP contribution in [0.4, 0.5) is 5.95 Å². The topological polar surface area (TPSA) is 79.4 Å². The van der Waals surface area contributed by atoms with Crippen LogP contribution in [-0.4, -0.2) is 46.8 Å². The van der Waals surface area contributed by atoms with Crippen LogP contribution in [0.2, 0.25) is 0 Å². The smallest absolute Gasteiger partial charge is 0.222 e. The molecular weight excluding hydrogens is 300 g/mol. The van der Waals surface area contributed by atoms with Crippen molar-refractivity contribution in [3.05, 3.63) is 54.5 Å². The molecule has 6 nitrogen and oxygen atoms in total. The second kappa shape index (κ2) is 6.80. The summed E-state index contributed by atoms with van der Waals surface area (Å²) in [5.74, 6) is 1.52.